The van der Waals surface area contributed by atoms with Crippen LogP contribution in [0.2, 0.25) is 0 Å². The molecule has 1 saturated heterocycles. The summed E-state index contributed by atoms with van der Waals surface area (Å²) in [6.45, 7) is 2.53. The second-order valence-electron chi connectivity index (χ2n) is 4.37. The summed E-state index contributed by atoms with van der Waals surface area (Å²) in [4.78, 5) is 25.7. The summed E-state index contributed by atoms with van der Waals surface area (Å²) in [7, 11) is 0. The van der Waals surface area contributed by atoms with E-state index in [1.54, 1.807) is 6.92 Å². The summed E-state index contributed by atoms with van der Waals surface area (Å²) in [5, 5.41) is 2.68. The molecule has 1 fully saturated rings. The van der Waals surface area contributed by atoms with Gasteiger partial charge in [0.05, 0.1) is 0 Å². The third kappa shape index (κ3) is 3.27. The minimum Gasteiger partial charge on any atom is -0.353 e. The van der Waals surface area contributed by atoms with Crippen molar-refractivity contribution in [3.8, 4) is 0 Å². The van der Waals surface area contributed by atoms with Crippen molar-refractivity contribution < 1.29 is 18.4 Å². The van der Waals surface area contributed by atoms with Gasteiger partial charge in [0.2, 0.25) is 5.91 Å². The Kier molecular flexibility index (Phi) is 4.59. The first-order valence-electron chi connectivity index (χ1n) is 6.12. The first-order chi connectivity index (χ1) is 9.49. The molecule has 2 amide bonds. The zero-order valence-electron chi connectivity index (χ0n) is 10.8. The van der Waals surface area contributed by atoms with Crippen molar-refractivity contribution in [3.63, 3.8) is 0 Å². The monoisotopic (exact) mass is 300 g/mol. The van der Waals surface area contributed by atoms with Crippen molar-refractivity contribution in [2.24, 2.45) is 0 Å². The molecule has 1 aliphatic rings. The summed E-state index contributed by atoms with van der Waals surface area (Å²) in [6, 6.07) is 5.46. The molecule has 0 radical (unpaired) electrons. The van der Waals surface area contributed by atoms with E-state index in [2.05, 4.69) is 5.32 Å². The minimum absolute atomic E-state index is 0.186. The van der Waals surface area contributed by atoms with Crippen LogP contribution in [0.25, 0.3) is 0 Å². The Bertz CT molecular complexity index is 508. The van der Waals surface area contributed by atoms with Crippen LogP contribution in [-0.2, 0) is 4.79 Å². The number of alkyl halides is 2. The van der Waals surface area contributed by atoms with Crippen LogP contribution in [0.1, 0.15) is 17.3 Å². The molecule has 1 aromatic rings. The van der Waals surface area contributed by atoms with Gasteiger partial charge in [-0.25, -0.2) is 0 Å². The maximum atomic E-state index is 12.3. The van der Waals surface area contributed by atoms with Gasteiger partial charge in [0.25, 0.3) is 11.7 Å². The Balaban J connectivity index is 2.10. The summed E-state index contributed by atoms with van der Waals surface area (Å²) >= 11 is 0.433. The molecule has 4 nitrogen and oxygen atoms in total. The molecule has 0 bridgehead atoms. The quantitative estimate of drug-likeness (QED) is 0.868. The van der Waals surface area contributed by atoms with E-state index in [0.717, 1.165) is 0 Å². The van der Waals surface area contributed by atoms with Crippen LogP contribution in [-0.4, -0.2) is 41.6 Å². The highest BCUT2D eigenvalue weighted by atomic mass is 32.2. The van der Waals surface area contributed by atoms with Gasteiger partial charge >= 0.3 is 0 Å². The van der Waals surface area contributed by atoms with Crippen LogP contribution >= 0.6 is 11.8 Å². The number of piperazine rings is 1. The first kappa shape index (κ1) is 14.8. The Morgan fingerprint density at radius 3 is 2.65 bits per heavy atom. The van der Waals surface area contributed by atoms with E-state index in [1.807, 2.05) is 0 Å². The highest BCUT2D eigenvalue weighted by Crippen LogP contribution is 2.25. The number of carbonyl (C=O) groups is 2. The molecule has 1 aromatic carbocycles. The number of hydrogen-bond donors (Lipinski definition) is 1. The van der Waals surface area contributed by atoms with Crippen LogP contribution in [0.4, 0.5) is 8.78 Å². The average molecular weight is 300 g/mol. The topological polar surface area (TPSA) is 49.4 Å². The summed E-state index contributed by atoms with van der Waals surface area (Å²) in [5.41, 5.74) is 0.394. The molecule has 20 heavy (non-hydrogen) atoms. The fourth-order valence-electron chi connectivity index (χ4n) is 2.00. The largest absolute Gasteiger partial charge is 0.353 e. The van der Waals surface area contributed by atoms with Gasteiger partial charge in [0.1, 0.15) is 6.04 Å². The lowest BCUT2D eigenvalue weighted by atomic mass is 10.1. The zero-order valence-corrected chi connectivity index (χ0v) is 11.6. The zero-order chi connectivity index (χ0) is 14.7. The molecule has 7 heteroatoms. The smallest absolute Gasteiger partial charge is 0.288 e. The van der Waals surface area contributed by atoms with E-state index in [1.165, 1.54) is 29.2 Å². The third-order valence-electron chi connectivity index (χ3n) is 3.09. The van der Waals surface area contributed by atoms with Crippen molar-refractivity contribution >= 4 is 23.6 Å². The van der Waals surface area contributed by atoms with Crippen LogP contribution in [0, 0.1) is 0 Å². The van der Waals surface area contributed by atoms with Gasteiger partial charge < -0.3 is 10.2 Å². The average Bonchev–Trinajstić information content (AvgIpc) is 2.41. The molecule has 0 aromatic heterocycles. The van der Waals surface area contributed by atoms with E-state index in [9.17, 15) is 18.4 Å². The molecular weight excluding hydrogens is 286 g/mol. The number of nitrogens with zero attached hydrogens (tertiary/aromatic N) is 1. The Hall–Kier alpha value is -1.63. The Labute approximate surface area is 119 Å². The van der Waals surface area contributed by atoms with E-state index in [4.69, 9.17) is 0 Å². The van der Waals surface area contributed by atoms with Gasteiger partial charge in [0, 0.05) is 23.5 Å². The highest BCUT2D eigenvalue weighted by molar-refractivity contribution is 7.99. The predicted octanol–water partition coefficient (Wildman–Crippen LogP) is 1.96. The normalized spacial score (nSPS) is 19.1. The number of amides is 2. The van der Waals surface area contributed by atoms with Crippen LogP contribution < -0.4 is 5.32 Å². The van der Waals surface area contributed by atoms with Crippen LogP contribution in [0.15, 0.2) is 29.2 Å². The van der Waals surface area contributed by atoms with Crippen LogP contribution in [0.3, 0.4) is 0 Å². The molecule has 1 aliphatic heterocycles. The second kappa shape index (κ2) is 6.21. The number of benzene rings is 1. The molecule has 2 rings (SSSR count). The van der Waals surface area contributed by atoms with Gasteiger partial charge in [0.15, 0.2) is 0 Å². The van der Waals surface area contributed by atoms with Crippen LogP contribution in [0.5, 0.6) is 0 Å². The molecule has 0 unspecified atom stereocenters. The fourth-order valence-corrected chi connectivity index (χ4v) is 2.50. The number of hydrogen-bond acceptors (Lipinski definition) is 3. The van der Waals surface area contributed by atoms with Crippen molar-refractivity contribution in [2.75, 3.05) is 13.1 Å². The molecular formula is C13H14F2N2O2S. The molecule has 108 valence electrons. The van der Waals surface area contributed by atoms with E-state index >= 15 is 0 Å². The molecule has 1 N–H and O–H groups in total. The molecule has 1 heterocycles. The van der Waals surface area contributed by atoms with E-state index < -0.39 is 11.8 Å². The fraction of sp³-hybridized carbons (Fsp3) is 0.385. The Morgan fingerprint density at radius 1 is 1.40 bits per heavy atom. The minimum atomic E-state index is -2.48. The maximum absolute atomic E-state index is 12.3. The highest BCUT2D eigenvalue weighted by Gasteiger charge is 2.29. The standard InChI is InChI=1S/C13H14F2N2O2S/c1-8-11(18)16-6-7-17(8)12(19)9-2-4-10(5-3-9)20-13(14)15/h2-5,8,13H,6-7H2,1H3,(H,16,18)/t8-/m0/s1. The number of rotatable bonds is 3. The molecule has 0 spiro atoms. The summed E-state index contributed by atoms with van der Waals surface area (Å²) in [6.07, 6.45) is 0. The van der Waals surface area contributed by atoms with E-state index in [-0.39, 0.29) is 11.8 Å². The van der Waals surface area contributed by atoms with Gasteiger partial charge in [-0.3, -0.25) is 9.59 Å². The number of thioether (sulfide) groups is 1. The predicted molar refractivity (Wildman–Crippen MR) is 71.8 cm³/mol. The maximum Gasteiger partial charge on any atom is 0.288 e. The molecule has 0 aliphatic carbocycles. The Morgan fingerprint density at radius 2 is 2.05 bits per heavy atom. The number of halogens is 2. The van der Waals surface area contributed by atoms with Gasteiger partial charge in [-0.05, 0) is 31.2 Å². The third-order valence-corrected chi connectivity index (χ3v) is 3.81. The summed E-state index contributed by atoms with van der Waals surface area (Å²) < 4.78 is 24.4. The summed E-state index contributed by atoms with van der Waals surface area (Å²) in [5.74, 6) is -2.93. The van der Waals surface area contributed by atoms with Gasteiger partial charge in [-0.1, -0.05) is 11.8 Å². The molecule has 0 saturated carbocycles. The lowest BCUT2D eigenvalue weighted by molar-refractivity contribution is -0.127. The van der Waals surface area contributed by atoms with E-state index in [0.29, 0.717) is 35.3 Å². The number of nitrogens with one attached hydrogen (secondary N) is 1. The number of carbonyl (C=O) groups excluding carboxylic acids is 2. The lowest BCUT2D eigenvalue weighted by Gasteiger charge is -2.32. The van der Waals surface area contributed by atoms with Crippen molar-refractivity contribution in [1.29, 1.82) is 0 Å². The molecule has 1 atom stereocenters. The lowest BCUT2D eigenvalue weighted by Crippen LogP contribution is -2.55. The first-order valence-corrected chi connectivity index (χ1v) is 7.00. The van der Waals surface area contributed by atoms with Gasteiger partial charge in [-0.2, -0.15) is 8.78 Å². The second-order valence-corrected chi connectivity index (χ2v) is 5.43. The van der Waals surface area contributed by atoms with Gasteiger partial charge in [-0.15, -0.1) is 0 Å². The van der Waals surface area contributed by atoms with Crippen molar-refractivity contribution in [1.82, 2.24) is 10.2 Å². The van der Waals surface area contributed by atoms with Crippen molar-refractivity contribution in [2.45, 2.75) is 23.6 Å². The SMILES string of the molecule is C[C@H]1C(=O)NCCN1C(=O)c1ccc(SC(F)F)cc1. The van der Waals surface area contributed by atoms with Crippen molar-refractivity contribution in [3.05, 3.63) is 29.8 Å².